The lowest BCUT2D eigenvalue weighted by Gasteiger charge is -2.17. The van der Waals surface area contributed by atoms with Gasteiger partial charge in [-0.25, -0.2) is 4.98 Å². The molecule has 0 aromatic carbocycles. The van der Waals surface area contributed by atoms with Gasteiger partial charge in [0.05, 0.1) is 0 Å². The zero-order valence-electron chi connectivity index (χ0n) is 12.3. The molecule has 3 heteroatoms. The lowest BCUT2D eigenvalue weighted by Crippen LogP contribution is -2.02. The van der Waals surface area contributed by atoms with Gasteiger partial charge in [-0.1, -0.05) is 30.2 Å². The molecule has 1 aliphatic rings. The van der Waals surface area contributed by atoms with Crippen molar-refractivity contribution in [2.24, 2.45) is 5.92 Å². The number of halogens is 1. The van der Waals surface area contributed by atoms with Crippen molar-refractivity contribution >= 4 is 11.3 Å². The van der Waals surface area contributed by atoms with Crippen LogP contribution in [-0.2, 0) is 6.42 Å². The first-order chi connectivity index (χ1) is 10.1. The number of allylic oxidation sites excluding steroid dienone is 4. The maximum Gasteiger partial charge on any atom is 0.213 e. The van der Waals surface area contributed by atoms with Crippen molar-refractivity contribution in [1.82, 2.24) is 4.98 Å². The molecule has 1 nitrogen and oxygen atoms in total. The summed E-state index contributed by atoms with van der Waals surface area (Å²) in [6.45, 7) is 4.44. The lowest BCUT2D eigenvalue weighted by atomic mass is 9.89. The SMILES string of the molecule is CC1=C(Cc2ccc(-c3ccnc(F)c3)s2)CC(C)C=C1. The normalized spacial score (nSPS) is 18.3. The first-order valence-corrected chi connectivity index (χ1v) is 8.01. The Morgan fingerprint density at radius 1 is 1.33 bits per heavy atom. The third-order valence-corrected chi connectivity index (χ3v) is 5.00. The molecule has 0 aliphatic heterocycles. The minimum Gasteiger partial charge on any atom is -0.228 e. The van der Waals surface area contributed by atoms with Crippen LogP contribution in [0.2, 0.25) is 0 Å². The van der Waals surface area contributed by atoms with Crippen LogP contribution in [0, 0.1) is 11.9 Å². The van der Waals surface area contributed by atoms with Gasteiger partial charge in [-0.3, -0.25) is 0 Å². The van der Waals surface area contributed by atoms with E-state index in [0.29, 0.717) is 5.92 Å². The van der Waals surface area contributed by atoms with Gasteiger partial charge in [0, 0.05) is 28.4 Å². The molecule has 2 aromatic rings. The fourth-order valence-electron chi connectivity index (χ4n) is 2.65. The summed E-state index contributed by atoms with van der Waals surface area (Å²) < 4.78 is 13.2. The maximum atomic E-state index is 13.2. The van der Waals surface area contributed by atoms with Crippen molar-refractivity contribution in [3.05, 3.63) is 64.6 Å². The van der Waals surface area contributed by atoms with Gasteiger partial charge in [0.15, 0.2) is 0 Å². The number of nitrogens with zero attached hydrogens (tertiary/aromatic N) is 1. The predicted octanol–water partition coefficient (Wildman–Crippen LogP) is 5.40. The zero-order valence-corrected chi connectivity index (χ0v) is 13.1. The Morgan fingerprint density at radius 2 is 2.19 bits per heavy atom. The molecular weight excluding hydrogens is 281 g/mol. The molecule has 0 bridgehead atoms. The Hall–Kier alpha value is -1.74. The van der Waals surface area contributed by atoms with E-state index >= 15 is 0 Å². The summed E-state index contributed by atoms with van der Waals surface area (Å²) >= 11 is 1.74. The van der Waals surface area contributed by atoms with Gasteiger partial charge in [0.1, 0.15) is 0 Å². The monoisotopic (exact) mass is 299 g/mol. The Labute approximate surface area is 128 Å². The molecule has 1 unspecified atom stereocenters. The smallest absolute Gasteiger partial charge is 0.213 e. The number of hydrogen-bond acceptors (Lipinski definition) is 2. The molecule has 0 amide bonds. The van der Waals surface area contributed by atoms with Crippen LogP contribution in [0.25, 0.3) is 10.4 Å². The highest BCUT2D eigenvalue weighted by atomic mass is 32.1. The van der Waals surface area contributed by atoms with Crippen molar-refractivity contribution in [1.29, 1.82) is 0 Å². The topological polar surface area (TPSA) is 12.9 Å². The summed E-state index contributed by atoms with van der Waals surface area (Å²) in [6, 6.07) is 7.58. The van der Waals surface area contributed by atoms with Crippen molar-refractivity contribution in [3.8, 4) is 10.4 Å². The standard InChI is InChI=1S/C18H18FNS/c1-12-3-4-13(2)15(9-12)10-16-5-6-17(21-16)14-7-8-20-18(19)11-14/h3-8,11-12H,9-10H2,1-2H3. The van der Waals surface area contributed by atoms with Crippen molar-refractivity contribution in [3.63, 3.8) is 0 Å². The zero-order chi connectivity index (χ0) is 14.8. The van der Waals surface area contributed by atoms with E-state index in [2.05, 4.69) is 43.1 Å². The molecule has 2 heterocycles. The van der Waals surface area contributed by atoms with Gasteiger partial charge in [-0.05, 0) is 43.0 Å². The fourth-order valence-corrected chi connectivity index (χ4v) is 3.70. The van der Waals surface area contributed by atoms with Crippen LogP contribution in [-0.4, -0.2) is 4.98 Å². The van der Waals surface area contributed by atoms with E-state index in [1.54, 1.807) is 11.3 Å². The van der Waals surface area contributed by atoms with E-state index in [-0.39, 0.29) is 0 Å². The molecule has 0 saturated carbocycles. The summed E-state index contributed by atoms with van der Waals surface area (Å²) in [6.07, 6.45) is 8.16. The first kappa shape index (κ1) is 14.2. The van der Waals surface area contributed by atoms with Crippen LogP contribution < -0.4 is 0 Å². The molecule has 2 aromatic heterocycles. The van der Waals surface area contributed by atoms with E-state index in [1.807, 2.05) is 6.07 Å². The van der Waals surface area contributed by atoms with Crippen LogP contribution >= 0.6 is 11.3 Å². The Kier molecular flexibility index (Phi) is 4.02. The van der Waals surface area contributed by atoms with Gasteiger partial charge in [-0.15, -0.1) is 11.3 Å². The lowest BCUT2D eigenvalue weighted by molar-refractivity contribution is 0.584. The maximum absolute atomic E-state index is 13.2. The second kappa shape index (κ2) is 5.94. The van der Waals surface area contributed by atoms with Crippen LogP contribution in [0.3, 0.4) is 0 Å². The average Bonchev–Trinajstić information content (AvgIpc) is 2.91. The third-order valence-electron chi connectivity index (χ3n) is 3.86. The number of aromatic nitrogens is 1. The quantitative estimate of drug-likeness (QED) is 0.691. The molecule has 1 aliphatic carbocycles. The van der Waals surface area contributed by atoms with Gasteiger partial charge in [0.2, 0.25) is 5.95 Å². The number of hydrogen-bond donors (Lipinski definition) is 0. The predicted molar refractivity (Wildman–Crippen MR) is 86.8 cm³/mol. The highest BCUT2D eigenvalue weighted by Crippen LogP contribution is 2.32. The summed E-state index contributed by atoms with van der Waals surface area (Å²) in [5.41, 5.74) is 3.80. The molecular formula is C18H18FNS. The number of pyridine rings is 1. The van der Waals surface area contributed by atoms with E-state index in [1.165, 1.54) is 28.3 Å². The number of thiophene rings is 1. The average molecular weight is 299 g/mol. The van der Waals surface area contributed by atoms with Crippen molar-refractivity contribution < 1.29 is 4.39 Å². The summed E-state index contributed by atoms with van der Waals surface area (Å²) in [5, 5.41) is 0. The molecule has 21 heavy (non-hydrogen) atoms. The summed E-state index contributed by atoms with van der Waals surface area (Å²) in [4.78, 5) is 6.04. The number of rotatable bonds is 3. The molecule has 0 radical (unpaired) electrons. The van der Waals surface area contributed by atoms with Gasteiger partial charge < -0.3 is 0 Å². The Morgan fingerprint density at radius 3 is 3.00 bits per heavy atom. The second-order valence-electron chi connectivity index (χ2n) is 5.64. The Bertz CT molecular complexity index is 712. The molecule has 0 spiro atoms. The minimum atomic E-state index is -0.424. The molecule has 0 fully saturated rings. The van der Waals surface area contributed by atoms with Gasteiger partial charge >= 0.3 is 0 Å². The van der Waals surface area contributed by atoms with E-state index in [9.17, 15) is 4.39 Å². The first-order valence-electron chi connectivity index (χ1n) is 7.19. The van der Waals surface area contributed by atoms with Crippen molar-refractivity contribution in [2.45, 2.75) is 26.7 Å². The molecule has 0 saturated heterocycles. The highest BCUT2D eigenvalue weighted by molar-refractivity contribution is 7.15. The van der Waals surface area contributed by atoms with Gasteiger partial charge in [0.25, 0.3) is 0 Å². The highest BCUT2D eigenvalue weighted by Gasteiger charge is 2.13. The molecule has 108 valence electrons. The largest absolute Gasteiger partial charge is 0.228 e. The molecule has 0 N–H and O–H groups in total. The summed E-state index contributed by atoms with van der Waals surface area (Å²) in [7, 11) is 0. The Balaban J connectivity index is 1.81. The molecule has 1 atom stereocenters. The second-order valence-corrected chi connectivity index (χ2v) is 6.81. The van der Waals surface area contributed by atoms with Crippen LogP contribution in [0.1, 0.15) is 25.1 Å². The van der Waals surface area contributed by atoms with E-state index in [0.717, 1.165) is 23.3 Å². The van der Waals surface area contributed by atoms with E-state index in [4.69, 9.17) is 0 Å². The molecule has 3 rings (SSSR count). The van der Waals surface area contributed by atoms with Crippen LogP contribution in [0.15, 0.2) is 53.8 Å². The minimum absolute atomic E-state index is 0.424. The fraction of sp³-hybridized carbons (Fsp3) is 0.278. The van der Waals surface area contributed by atoms with E-state index < -0.39 is 5.95 Å². The summed E-state index contributed by atoms with van der Waals surface area (Å²) in [5.74, 6) is 0.199. The van der Waals surface area contributed by atoms with Gasteiger partial charge in [-0.2, -0.15) is 4.39 Å². The van der Waals surface area contributed by atoms with Crippen LogP contribution in [0.4, 0.5) is 4.39 Å². The van der Waals surface area contributed by atoms with Crippen LogP contribution in [0.5, 0.6) is 0 Å². The van der Waals surface area contributed by atoms with Crippen molar-refractivity contribution in [2.75, 3.05) is 0 Å². The third kappa shape index (κ3) is 3.30.